The van der Waals surface area contributed by atoms with Crippen LogP contribution in [0.5, 0.6) is 11.5 Å². The smallest absolute Gasteiger partial charge is 0.315 e. The topological polar surface area (TPSA) is 79.5 Å². The van der Waals surface area contributed by atoms with Gasteiger partial charge in [-0.2, -0.15) is 0 Å². The first kappa shape index (κ1) is 14.1. The number of phenols is 2. The van der Waals surface area contributed by atoms with E-state index in [1.165, 1.54) is 42.5 Å². The van der Waals surface area contributed by atoms with E-state index in [2.05, 4.69) is 0 Å². The molecule has 0 unspecified atom stereocenters. The zero-order valence-corrected chi connectivity index (χ0v) is 12.1. The Morgan fingerprint density at radius 3 is 1.91 bits per heavy atom. The van der Waals surface area contributed by atoms with Crippen molar-refractivity contribution in [1.29, 1.82) is 0 Å². The third-order valence-electron chi connectivity index (χ3n) is 3.11. The molecule has 5 nitrogen and oxygen atoms in total. The normalized spacial score (nSPS) is 10.5. The molecule has 0 amide bonds. The van der Waals surface area contributed by atoms with Crippen LogP contribution in [0.15, 0.2) is 64.2 Å². The third-order valence-corrected chi connectivity index (χ3v) is 4.05. The Balaban J connectivity index is 2.13. The average Bonchev–Trinajstić information content (AvgIpc) is 2.49. The van der Waals surface area contributed by atoms with E-state index < -0.39 is 10.4 Å². The predicted molar refractivity (Wildman–Crippen MR) is 85.0 cm³/mol. The van der Waals surface area contributed by atoms with Gasteiger partial charge in [0.1, 0.15) is 11.5 Å². The molecule has 22 heavy (non-hydrogen) atoms. The zero-order chi connectivity index (χ0) is 15.7. The van der Waals surface area contributed by atoms with E-state index in [-0.39, 0.29) is 11.5 Å². The van der Waals surface area contributed by atoms with Crippen LogP contribution in [0.4, 0.5) is 0 Å². The molecule has 0 saturated heterocycles. The first-order valence-corrected chi connectivity index (χ1v) is 7.22. The van der Waals surface area contributed by atoms with E-state index in [0.717, 1.165) is 15.9 Å². The summed E-state index contributed by atoms with van der Waals surface area (Å²) in [5, 5.41) is 18.6. The molecule has 2 aromatic carbocycles. The molecule has 0 bridgehead atoms. The average molecular weight is 313 g/mol. The van der Waals surface area contributed by atoms with Gasteiger partial charge in [-0.05, 0) is 54.1 Å². The van der Waals surface area contributed by atoms with Crippen molar-refractivity contribution in [3.05, 3.63) is 74.6 Å². The quantitative estimate of drug-likeness (QED) is 0.761. The van der Waals surface area contributed by atoms with Gasteiger partial charge in [-0.25, -0.2) is 4.57 Å². The Kier molecular flexibility index (Phi) is 3.52. The summed E-state index contributed by atoms with van der Waals surface area (Å²) >= 11 is 0.939. The summed E-state index contributed by atoms with van der Waals surface area (Å²) in [4.78, 5) is 24.6. The van der Waals surface area contributed by atoms with E-state index in [0.29, 0.717) is 16.1 Å². The second kappa shape index (κ2) is 5.50. The third kappa shape index (κ3) is 2.64. The molecule has 2 N–H and O–H groups in total. The summed E-state index contributed by atoms with van der Waals surface area (Å²) in [5.74, 6) is 0.183. The van der Waals surface area contributed by atoms with Crippen LogP contribution in [0.3, 0.4) is 0 Å². The van der Waals surface area contributed by atoms with Crippen LogP contribution in [0, 0.1) is 0 Å². The van der Waals surface area contributed by atoms with Crippen molar-refractivity contribution >= 4 is 11.3 Å². The molecular weight excluding hydrogens is 302 g/mol. The lowest BCUT2D eigenvalue weighted by molar-refractivity contribution is 0.474. The summed E-state index contributed by atoms with van der Waals surface area (Å²) < 4.78 is 1.05. The van der Waals surface area contributed by atoms with Gasteiger partial charge in [0.05, 0.1) is 5.69 Å². The Hall–Kier alpha value is -2.86. The fraction of sp³-hybridized carbons (Fsp3) is 0. The molecule has 0 atom stereocenters. The zero-order valence-electron chi connectivity index (χ0n) is 11.3. The Labute approximate surface area is 129 Å². The van der Waals surface area contributed by atoms with Crippen LogP contribution in [-0.2, 0) is 0 Å². The number of phenolic OH excluding ortho intramolecular Hbond substituents is 2. The van der Waals surface area contributed by atoms with E-state index >= 15 is 0 Å². The van der Waals surface area contributed by atoms with Crippen molar-refractivity contribution in [2.45, 2.75) is 0 Å². The minimum atomic E-state index is -0.447. The number of aromatic nitrogens is 1. The molecule has 0 aliphatic rings. The van der Waals surface area contributed by atoms with Crippen LogP contribution >= 0.6 is 11.3 Å². The Morgan fingerprint density at radius 1 is 0.818 bits per heavy atom. The van der Waals surface area contributed by atoms with Gasteiger partial charge in [-0.3, -0.25) is 9.59 Å². The molecule has 3 aromatic rings. The lowest BCUT2D eigenvalue weighted by Crippen LogP contribution is -2.28. The fourth-order valence-electron chi connectivity index (χ4n) is 2.04. The van der Waals surface area contributed by atoms with E-state index in [1.54, 1.807) is 12.1 Å². The first-order valence-electron chi connectivity index (χ1n) is 6.40. The van der Waals surface area contributed by atoms with Crippen LogP contribution in [0.1, 0.15) is 0 Å². The Morgan fingerprint density at radius 2 is 1.36 bits per heavy atom. The largest absolute Gasteiger partial charge is 0.508 e. The molecule has 0 radical (unpaired) electrons. The number of nitrogens with zero attached hydrogens (tertiary/aromatic N) is 1. The second-order valence-corrected chi connectivity index (χ2v) is 5.61. The maximum atomic E-state index is 12.3. The number of benzene rings is 2. The summed E-state index contributed by atoms with van der Waals surface area (Å²) in [7, 11) is 0. The highest BCUT2D eigenvalue weighted by Gasteiger charge is 2.09. The minimum Gasteiger partial charge on any atom is -0.508 e. The Bertz CT molecular complexity index is 893. The van der Waals surface area contributed by atoms with Crippen LogP contribution in [0.25, 0.3) is 16.1 Å². The lowest BCUT2D eigenvalue weighted by atomic mass is 10.2. The van der Waals surface area contributed by atoms with Gasteiger partial charge in [-0.15, -0.1) is 0 Å². The number of hydrogen-bond acceptors (Lipinski definition) is 5. The van der Waals surface area contributed by atoms with Gasteiger partial charge >= 0.3 is 4.87 Å². The second-order valence-electron chi connectivity index (χ2n) is 4.61. The number of rotatable bonds is 2. The molecule has 1 aromatic heterocycles. The molecule has 0 aliphatic carbocycles. The fourth-order valence-corrected chi connectivity index (χ4v) is 2.93. The van der Waals surface area contributed by atoms with Crippen molar-refractivity contribution in [1.82, 2.24) is 4.57 Å². The van der Waals surface area contributed by atoms with Crippen LogP contribution in [0.2, 0.25) is 0 Å². The molecule has 3 rings (SSSR count). The van der Waals surface area contributed by atoms with Gasteiger partial charge in [-0.1, -0.05) is 11.3 Å². The van der Waals surface area contributed by atoms with Gasteiger partial charge < -0.3 is 10.2 Å². The molecule has 0 fully saturated rings. The SMILES string of the molecule is O=c1cc(-c2ccc(O)cc2)sc(=O)n1-c1ccc(O)cc1. The summed E-state index contributed by atoms with van der Waals surface area (Å²) in [5.41, 5.74) is 0.647. The summed E-state index contributed by atoms with van der Waals surface area (Å²) in [6.45, 7) is 0. The molecule has 0 spiro atoms. The van der Waals surface area contributed by atoms with Gasteiger partial charge in [0.2, 0.25) is 0 Å². The van der Waals surface area contributed by atoms with Gasteiger partial charge in [0, 0.05) is 10.9 Å². The minimum absolute atomic E-state index is 0.0636. The lowest BCUT2D eigenvalue weighted by Gasteiger charge is -2.06. The number of hydrogen-bond donors (Lipinski definition) is 2. The molecule has 0 aliphatic heterocycles. The highest BCUT2D eigenvalue weighted by molar-refractivity contribution is 7.12. The molecule has 6 heteroatoms. The van der Waals surface area contributed by atoms with Crippen LogP contribution in [-0.4, -0.2) is 14.8 Å². The predicted octanol–water partition coefficient (Wildman–Crippen LogP) is 2.34. The van der Waals surface area contributed by atoms with Crippen molar-refractivity contribution in [2.24, 2.45) is 0 Å². The first-order chi connectivity index (χ1) is 10.5. The van der Waals surface area contributed by atoms with E-state index in [1.807, 2.05) is 0 Å². The molecule has 1 heterocycles. The number of aromatic hydroxyl groups is 2. The molecule has 110 valence electrons. The monoisotopic (exact) mass is 313 g/mol. The highest BCUT2D eigenvalue weighted by atomic mass is 32.1. The van der Waals surface area contributed by atoms with Crippen molar-refractivity contribution in [2.75, 3.05) is 0 Å². The standard InChI is InChI=1S/C16H11NO4S/c18-12-5-1-10(2-6-12)14-9-15(20)17(16(21)22-14)11-3-7-13(19)8-4-11/h1-9,18-19H. The maximum Gasteiger partial charge on any atom is 0.315 e. The highest BCUT2D eigenvalue weighted by Crippen LogP contribution is 2.22. The van der Waals surface area contributed by atoms with Gasteiger partial charge in [0.15, 0.2) is 0 Å². The maximum absolute atomic E-state index is 12.3. The van der Waals surface area contributed by atoms with Crippen molar-refractivity contribution in [3.8, 4) is 27.6 Å². The van der Waals surface area contributed by atoms with E-state index in [9.17, 15) is 19.8 Å². The summed E-state index contributed by atoms with van der Waals surface area (Å²) in [6.07, 6.45) is 0. The van der Waals surface area contributed by atoms with Crippen LogP contribution < -0.4 is 10.4 Å². The van der Waals surface area contributed by atoms with Crippen molar-refractivity contribution < 1.29 is 10.2 Å². The van der Waals surface area contributed by atoms with E-state index in [4.69, 9.17) is 0 Å². The van der Waals surface area contributed by atoms with Crippen molar-refractivity contribution in [3.63, 3.8) is 0 Å². The molecule has 0 saturated carbocycles. The molecular formula is C16H11NO4S. The summed E-state index contributed by atoms with van der Waals surface area (Å²) in [6, 6.07) is 13.5. The van der Waals surface area contributed by atoms with Gasteiger partial charge in [0.25, 0.3) is 5.56 Å².